The summed E-state index contributed by atoms with van der Waals surface area (Å²) in [7, 11) is 1.93. The molecule has 2 heterocycles. The van der Waals surface area contributed by atoms with E-state index in [1.807, 2.05) is 11.9 Å². The van der Waals surface area contributed by atoms with Crippen LogP contribution in [0.1, 0.15) is 42.5 Å². The molecule has 1 N–H and O–H groups in total. The number of thiophene rings is 1. The van der Waals surface area contributed by atoms with Crippen molar-refractivity contribution in [3.63, 3.8) is 0 Å². The van der Waals surface area contributed by atoms with Gasteiger partial charge in [0.2, 0.25) is 5.91 Å². The van der Waals surface area contributed by atoms with Crippen LogP contribution in [0.5, 0.6) is 0 Å². The number of fused-ring (bicyclic) bond motifs is 1. The highest BCUT2D eigenvalue weighted by Gasteiger charge is 2.22. The second-order valence-corrected chi connectivity index (χ2v) is 7.54. The van der Waals surface area contributed by atoms with E-state index in [9.17, 15) is 4.79 Å². The van der Waals surface area contributed by atoms with E-state index in [1.54, 1.807) is 17.7 Å². The van der Waals surface area contributed by atoms with Gasteiger partial charge >= 0.3 is 0 Å². The van der Waals surface area contributed by atoms with E-state index >= 15 is 0 Å². The average Bonchev–Trinajstić information content (AvgIpc) is 2.88. The number of nitrogens with zero attached hydrogens (tertiary/aromatic N) is 3. The molecule has 0 aliphatic heterocycles. The normalized spacial score (nSPS) is 15.8. The van der Waals surface area contributed by atoms with Crippen LogP contribution in [0.3, 0.4) is 0 Å². The number of hydrogen-bond donors (Lipinski definition) is 1. The van der Waals surface area contributed by atoms with E-state index in [-0.39, 0.29) is 12.5 Å². The molecule has 124 valence electrons. The number of hydrogen-bond acceptors (Lipinski definition) is 5. The first kappa shape index (κ1) is 16.2. The van der Waals surface area contributed by atoms with Crippen LogP contribution in [0.4, 0.5) is 5.82 Å². The number of carbonyl (C=O) groups excluding carboxylic acids is 1. The van der Waals surface area contributed by atoms with Crippen LogP contribution >= 0.6 is 11.3 Å². The van der Waals surface area contributed by atoms with Crippen molar-refractivity contribution < 1.29 is 4.79 Å². The van der Waals surface area contributed by atoms with Gasteiger partial charge in [0.15, 0.2) is 0 Å². The number of nitrogens with one attached hydrogen (secondary N) is 1. The molecule has 1 aliphatic carbocycles. The highest BCUT2D eigenvalue weighted by molar-refractivity contribution is 7.18. The highest BCUT2D eigenvalue weighted by Crippen LogP contribution is 2.32. The van der Waals surface area contributed by atoms with Crippen LogP contribution in [0.2, 0.25) is 0 Å². The first-order chi connectivity index (χ1) is 11.1. The second-order valence-electron chi connectivity index (χ2n) is 6.34. The summed E-state index contributed by atoms with van der Waals surface area (Å²) in [6.45, 7) is 4.46. The van der Waals surface area contributed by atoms with Gasteiger partial charge in [-0.2, -0.15) is 0 Å². The summed E-state index contributed by atoms with van der Waals surface area (Å²) in [4.78, 5) is 25.3. The van der Waals surface area contributed by atoms with E-state index in [0.717, 1.165) is 28.9 Å². The van der Waals surface area contributed by atoms with Gasteiger partial charge in [-0.1, -0.05) is 19.3 Å². The number of amides is 1. The molecule has 1 aliphatic rings. The Morgan fingerprint density at radius 3 is 2.78 bits per heavy atom. The molecular formula is C17H24N4OS. The Morgan fingerprint density at radius 1 is 1.30 bits per heavy atom. The predicted octanol–water partition coefficient (Wildman–Crippen LogP) is 3.51. The number of likely N-dealkylation sites (N-methyl/N-ethyl adjacent to an activating group) is 1. The fourth-order valence-electron chi connectivity index (χ4n) is 3.27. The maximum Gasteiger partial charge on any atom is 0.241 e. The van der Waals surface area contributed by atoms with E-state index in [2.05, 4.69) is 29.1 Å². The number of aromatic nitrogens is 2. The van der Waals surface area contributed by atoms with Crippen LogP contribution in [-0.2, 0) is 4.79 Å². The third-order valence-electron chi connectivity index (χ3n) is 4.89. The summed E-state index contributed by atoms with van der Waals surface area (Å²) in [5.41, 5.74) is 1.20. The zero-order valence-electron chi connectivity index (χ0n) is 14.1. The number of aryl methyl sites for hydroxylation is 2. The fraction of sp³-hybridized carbons (Fsp3) is 0.588. The molecule has 0 radical (unpaired) electrons. The minimum atomic E-state index is 0.133. The van der Waals surface area contributed by atoms with E-state index in [1.165, 1.54) is 29.7 Å². The molecule has 1 amide bonds. The van der Waals surface area contributed by atoms with Crippen molar-refractivity contribution in [2.45, 2.75) is 52.0 Å². The molecule has 2 aromatic rings. The molecule has 1 fully saturated rings. The summed E-state index contributed by atoms with van der Waals surface area (Å²) in [6, 6.07) is 0.397. The topological polar surface area (TPSA) is 58.1 Å². The van der Waals surface area contributed by atoms with E-state index < -0.39 is 0 Å². The molecule has 0 unspecified atom stereocenters. The molecule has 0 saturated heterocycles. The summed E-state index contributed by atoms with van der Waals surface area (Å²) < 4.78 is 0. The Balaban J connectivity index is 1.69. The monoisotopic (exact) mass is 332 g/mol. The molecule has 6 heteroatoms. The van der Waals surface area contributed by atoms with Crippen LogP contribution in [0.25, 0.3) is 10.2 Å². The molecule has 23 heavy (non-hydrogen) atoms. The zero-order valence-corrected chi connectivity index (χ0v) is 14.9. The van der Waals surface area contributed by atoms with Gasteiger partial charge in [0.25, 0.3) is 0 Å². The van der Waals surface area contributed by atoms with Gasteiger partial charge in [-0.15, -0.1) is 11.3 Å². The van der Waals surface area contributed by atoms with Crippen molar-refractivity contribution >= 4 is 33.3 Å². The smallest absolute Gasteiger partial charge is 0.241 e. The molecule has 3 rings (SSSR count). The molecule has 1 saturated carbocycles. The Hall–Kier alpha value is -1.69. The largest absolute Gasteiger partial charge is 0.360 e. The van der Waals surface area contributed by atoms with Crippen molar-refractivity contribution in [3.05, 3.63) is 16.8 Å². The highest BCUT2D eigenvalue weighted by atomic mass is 32.1. The fourth-order valence-corrected chi connectivity index (χ4v) is 4.27. The van der Waals surface area contributed by atoms with Crippen molar-refractivity contribution in [1.82, 2.24) is 14.9 Å². The van der Waals surface area contributed by atoms with Crippen molar-refractivity contribution in [1.29, 1.82) is 0 Å². The number of anilines is 1. The lowest BCUT2D eigenvalue weighted by Gasteiger charge is -2.31. The Morgan fingerprint density at radius 2 is 2.04 bits per heavy atom. The van der Waals surface area contributed by atoms with Gasteiger partial charge in [0.1, 0.15) is 17.0 Å². The lowest BCUT2D eigenvalue weighted by atomic mass is 9.94. The van der Waals surface area contributed by atoms with Crippen molar-refractivity contribution in [2.75, 3.05) is 18.9 Å². The van der Waals surface area contributed by atoms with E-state index in [0.29, 0.717) is 6.04 Å². The summed E-state index contributed by atoms with van der Waals surface area (Å²) in [6.07, 6.45) is 7.58. The van der Waals surface area contributed by atoms with Crippen molar-refractivity contribution in [3.8, 4) is 0 Å². The standard InChI is InChI=1S/C17H24N4OS/c1-11-12(2)23-17-15(11)16(19-10-20-17)18-9-14(22)21(3)13-7-5-4-6-8-13/h10,13H,4-9H2,1-3H3,(H,18,19,20). The first-order valence-corrected chi connectivity index (χ1v) is 9.10. The average molecular weight is 332 g/mol. The van der Waals surface area contributed by atoms with Crippen molar-refractivity contribution in [2.24, 2.45) is 0 Å². The first-order valence-electron chi connectivity index (χ1n) is 8.28. The van der Waals surface area contributed by atoms with Gasteiger partial charge in [-0.3, -0.25) is 4.79 Å². The molecular weight excluding hydrogens is 308 g/mol. The third-order valence-corrected chi connectivity index (χ3v) is 6.00. The molecule has 2 aromatic heterocycles. The van der Waals surface area contributed by atoms with Gasteiger partial charge < -0.3 is 10.2 Å². The van der Waals surface area contributed by atoms with Crippen LogP contribution in [0, 0.1) is 13.8 Å². The Bertz CT molecular complexity index is 706. The molecule has 5 nitrogen and oxygen atoms in total. The lowest BCUT2D eigenvalue weighted by Crippen LogP contribution is -2.41. The third kappa shape index (κ3) is 3.32. The molecule has 0 aromatic carbocycles. The SMILES string of the molecule is Cc1sc2ncnc(NCC(=O)N(C)C3CCCCC3)c2c1C. The maximum absolute atomic E-state index is 12.5. The summed E-state index contributed by atoms with van der Waals surface area (Å²) >= 11 is 1.67. The molecule has 0 bridgehead atoms. The number of carbonyl (C=O) groups is 1. The van der Waals surface area contributed by atoms with Crippen LogP contribution in [-0.4, -0.2) is 40.4 Å². The van der Waals surface area contributed by atoms with E-state index in [4.69, 9.17) is 0 Å². The Kier molecular flexibility index (Phi) is 4.80. The number of rotatable bonds is 4. The summed E-state index contributed by atoms with van der Waals surface area (Å²) in [5.74, 6) is 0.899. The quantitative estimate of drug-likeness (QED) is 0.931. The minimum Gasteiger partial charge on any atom is -0.360 e. The minimum absolute atomic E-state index is 0.133. The van der Waals surface area contributed by atoms with Crippen LogP contribution in [0.15, 0.2) is 6.33 Å². The second kappa shape index (κ2) is 6.83. The zero-order chi connectivity index (χ0) is 16.4. The van der Waals surface area contributed by atoms with Gasteiger partial charge in [0.05, 0.1) is 11.9 Å². The Labute approximate surface area is 141 Å². The maximum atomic E-state index is 12.5. The van der Waals surface area contributed by atoms with Gasteiger partial charge in [0, 0.05) is 18.0 Å². The van der Waals surface area contributed by atoms with Crippen LogP contribution < -0.4 is 5.32 Å². The predicted molar refractivity (Wildman–Crippen MR) is 95.0 cm³/mol. The van der Waals surface area contributed by atoms with Gasteiger partial charge in [-0.25, -0.2) is 9.97 Å². The molecule has 0 spiro atoms. The lowest BCUT2D eigenvalue weighted by molar-refractivity contribution is -0.130. The molecule has 0 atom stereocenters. The summed E-state index contributed by atoms with van der Waals surface area (Å²) in [5, 5.41) is 4.27. The van der Waals surface area contributed by atoms with Gasteiger partial charge in [-0.05, 0) is 32.3 Å².